The fourth-order valence-electron chi connectivity index (χ4n) is 3.06. The molecule has 1 aliphatic rings. The van der Waals surface area contributed by atoms with Crippen molar-refractivity contribution in [2.45, 2.75) is 24.8 Å². The molecule has 2 aromatic rings. The number of rotatable bonds is 9. The summed E-state index contributed by atoms with van der Waals surface area (Å²) in [6, 6.07) is 13.8. The van der Waals surface area contributed by atoms with Crippen LogP contribution in [0.4, 0.5) is 0 Å². The highest BCUT2D eigenvalue weighted by Crippen LogP contribution is 2.20. The average Bonchev–Trinajstić information content (AvgIpc) is 2.79. The molecule has 3 rings (SSSR count). The molecule has 1 fully saturated rings. The zero-order valence-electron chi connectivity index (χ0n) is 17.7. The van der Waals surface area contributed by atoms with Gasteiger partial charge in [-0.15, -0.1) is 0 Å². The number of carbonyl (C=O) groups excluding carboxylic acids is 1. The highest BCUT2D eigenvalue weighted by Gasteiger charge is 2.26. The number of nitrogens with zero attached hydrogens (tertiary/aromatic N) is 1. The molecule has 8 nitrogen and oxygen atoms in total. The van der Waals surface area contributed by atoms with E-state index in [9.17, 15) is 13.2 Å². The molecule has 1 N–H and O–H groups in total. The van der Waals surface area contributed by atoms with Crippen LogP contribution in [0.25, 0.3) is 0 Å². The highest BCUT2D eigenvalue weighted by molar-refractivity contribution is 7.89. The Balaban J connectivity index is 1.43. The van der Waals surface area contributed by atoms with Gasteiger partial charge in [-0.05, 0) is 49.7 Å². The van der Waals surface area contributed by atoms with E-state index in [1.165, 1.54) is 16.4 Å². The van der Waals surface area contributed by atoms with Crippen LogP contribution in [0.3, 0.4) is 0 Å². The van der Waals surface area contributed by atoms with Crippen LogP contribution >= 0.6 is 0 Å². The Hall–Kier alpha value is -2.62. The number of amides is 1. The van der Waals surface area contributed by atoms with Gasteiger partial charge in [-0.3, -0.25) is 4.79 Å². The number of sulfonamides is 1. The summed E-state index contributed by atoms with van der Waals surface area (Å²) < 4.78 is 43.2. The molecule has 0 aromatic heterocycles. The molecule has 0 saturated carbocycles. The van der Waals surface area contributed by atoms with Crippen molar-refractivity contribution in [2.75, 3.05) is 39.5 Å². The maximum absolute atomic E-state index is 12.6. The second-order valence-electron chi connectivity index (χ2n) is 7.15. The number of nitrogens with one attached hydrogen (secondary N) is 1. The highest BCUT2D eigenvalue weighted by atomic mass is 32.2. The standard InChI is InChI=1S/C22H28N2O6S/c1-17-5-3-4-6-21(17)30-18(2)22(25)23-11-14-29-19-7-9-20(10-8-19)31(26,27)24-12-15-28-16-13-24/h3-10,18H,11-16H2,1-2H3,(H,23,25)/t18-/m0/s1. The van der Waals surface area contributed by atoms with Gasteiger partial charge in [0.15, 0.2) is 6.10 Å². The molecule has 1 aliphatic heterocycles. The maximum atomic E-state index is 12.6. The van der Waals surface area contributed by atoms with Crippen LogP contribution in [0.15, 0.2) is 53.4 Å². The van der Waals surface area contributed by atoms with Crippen LogP contribution in [-0.2, 0) is 19.6 Å². The largest absolute Gasteiger partial charge is 0.492 e. The summed E-state index contributed by atoms with van der Waals surface area (Å²) in [6.45, 7) is 5.67. The van der Waals surface area contributed by atoms with Crippen molar-refractivity contribution in [2.24, 2.45) is 0 Å². The van der Waals surface area contributed by atoms with Crippen LogP contribution in [0.2, 0.25) is 0 Å². The van der Waals surface area contributed by atoms with E-state index in [0.29, 0.717) is 44.3 Å². The van der Waals surface area contributed by atoms with E-state index in [-0.39, 0.29) is 17.4 Å². The molecular weight excluding hydrogens is 420 g/mol. The molecule has 31 heavy (non-hydrogen) atoms. The van der Waals surface area contributed by atoms with Crippen LogP contribution in [0.5, 0.6) is 11.5 Å². The van der Waals surface area contributed by atoms with E-state index in [4.69, 9.17) is 14.2 Å². The molecule has 0 spiro atoms. The van der Waals surface area contributed by atoms with Gasteiger partial charge in [0, 0.05) is 13.1 Å². The monoisotopic (exact) mass is 448 g/mol. The predicted molar refractivity (Wildman–Crippen MR) is 116 cm³/mol. The number of aryl methyl sites for hydroxylation is 1. The summed E-state index contributed by atoms with van der Waals surface area (Å²) in [6.07, 6.45) is -0.634. The Kier molecular flexibility index (Phi) is 7.89. The number of benzene rings is 2. The van der Waals surface area contributed by atoms with Gasteiger partial charge in [-0.25, -0.2) is 8.42 Å². The lowest BCUT2D eigenvalue weighted by molar-refractivity contribution is -0.127. The quantitative estimate of drug-likeness (QED) is 0.590. The van der Waals surface area contributed by atoms with Crippen molar-refractivity contribution in [3.8, 4) is 11.5 Å². The van der Waals surface area contributed by atoms with Gasteiger partial charge < -0.3 is 19.5 Å². The molecule has 1 heterocycles. The van der Waals surface area contributed by atoms with Crippen molar-refractivity contribution in [3.63, 3.8) is 0 Å². The lowest BCUT2D eigenvalue weighted by atomic mass is 10.2. The number of hydrogen-bond acceptors (Lipinski definition) is 6. The lowest BCUT2D eigenvalue weighted by Crippen LogP contribution is -2.40. The first kappa shape index (κ1) is 23.1. The van der Waals surface area contributed by atoms with Gasteiger partial charge in [-0.2, -0.15) is 4.31 Å². The molecule has 1 saturated heterocycles. The third kappa shape index (κ3) is 6.19. The van der Waals surface area contributed by atoms with Crippen molar-refractivity contribution < 1.29 is 27.4 Å². The number of para-hydroxylation sites is 1. The second-order valence-corrected chi connectivity index (χ2v) is 9.09. The second kappa shape index (κ2) is 10.6. The van der Waals surface area contributed by atoms with E-state index >= 15 is 0 Å². The lowest BCUT2D eigenvalue weighted by Gasteiger charge is -2.26. The smallest absolute Gasteiger partial charge is 0.260 e. The van der Waals surface area contributed by atoms with E-state index in [0.717, 1.165) is 5.56 Å². The van der Waals surface area contributed by atoms with Gasteiger partial charge in [0.25, 0.3) is 5.91 Å². The van der Waals surface area contributed by atoms with Crippen LogP contribution in [0, 0.1) is 6.92 Å². The van der Waals surface area contributed by atoms with Gasteiger partial charge in [0.2, 0.25) is 10.0 Å². The summed E-state index contributed by atoms with van der Waals surface area (Å²) in [7, 11) is -3.53. The zero-order valence-corrected chi connectivity index (χ0v) is 18.6. The van der Waals surface area contributed by atoms with Crippen LogP contribution < -0.4 is 14.8 Å². The summed E-state index contributed by atoms with van der Waals surface area (Å²) in [5.41, 5.74) is 0.963. The fraction of sp³-hybridized carbons (Fsp3) is 0.409. The Morgan fingerprint density at radius 2 is 1.81 bits per heavy atom. The van der Waals surface area contributed by atoms with Gasteiger partial charge in [0.05, 0.1) is 24.7 Å². The normalized spacial score (nSPS) is 15.8. The zero-order chi connectivity index (χ0) is 22.3. The minimum absolute atomic E-state index is 0.220. The Labute approximate surface area is 183 Å². The van der Waals surface area contributed by atoms with E-state index in [1.54, 1.807) is 19.1 Å². The van der Waals surface area contributed by atoms with Crippen LogP contribution in [0.1, 0.15) is 12.5 Å². The minimum atomic E-state index is -3.53. The molecule has 1 amide bonds. The topological polar surface area (TPSA) is 94.2 Å². The van der Waals surface area contributed by atoms with Crippen molar-refractivity contribution in [3.05, 3.63) is 54.1 Å². The Morgan fingerprint density at radius 1 is 1.13 bits per heavy atom. The molecular formula is C22H28N2O6S. The van der Waals surface area contributed by atoms with Crippen molar-refractivity contribution in [1.29, 1.82) is 0 Å². The maximum Gasteiger partial charge on any atom is 0.260 e. The first-order valence-electron chi connectivity index (χ1n) is 10.2. The first-order valence-corrected chi connectivity index (χ1v) is 11.6. The number of carbonyl (C=O) groups is 1. The van der Waals surface area contributed by atoms with Crippen molar-refractivity contribution in [1.82, 2.24) is 9.62 Å². The average molecular weight is 449 g/mol. The predicted octanol–water partition coefficient (Wildman–Crippen LogP) is 1.98. The van der Waals surface area contributed by atoms with Gasteiger partial charge >= 0.3 is 0 Å². The molecule has 0 bridgehead atoms. The van der Waals surface area contributed by atoms with Gasteiger partial charge in [0.1, 0.15) is 18.1 Å². The SMILES string of the molecule is Cc1ccccc1O[C@@H](C)C(=O)NCCOc1ccc(S(=O)(=O)N2CCOCC2)cc1. The molecule has 0 aliphatic carbocycles. The summed E-state index contributed by atoms with van der Waals surface area (Å²) in [4.78, 5) is 12.4. The summed E-state index contributed by atoms with van der Waals surface area (Å²) in [5.74, 6) is 0.965. The molecule has 9 heteroatoms. The minimum Gasteiger partial charge on any atom is -0.492 e. The molecule has 1 atom stereocenters. The van der Waals surface area contributed by atoms with Crippen molar-refractivity contribution >= 4 is 15.9 Å². The Bertz CT molecular complexity index is 972. The number of morpholine rings is 1. The first-order chi connectivity index (χ1) is 14.9. The third-order valence-corrected chi connectivity index (χ3v) is 6.78. The molecule has 0 radical (unpaired) electrons. The van der Waals surface area contributed by atoms with E-state index in [2.05, 4.69) is 5.32 Å². The number of ether oxygens (including phenoxy) is 3. The summed E-state index contributed by atoms with van der Waals surface area (Å²) >= 11 is 0. The molecule has 0 unspecified atom stereocenters. The van der Waals surface area contributed by atoms with E-state index in [1.807, 2.05) is 31.2 Å². The van der Waals surface area contributed by atoms with E-state index < -0.39 is 16.1 Å². The molecule has 2 aromatic carbocycles. The van der Waals surface area contributed by atoms with Gasteiger partial charge in [-0.1, -0.05) is 18.2 Å². The summed E-state index contributed by atoms with van der Waals surface area (Å²) in [5, 5.41) is 2.77. The number of hydrogen-bond donors (Lipinski definition) is 1. The Morgan fingerprint density at radius 3 is 2.48 bits per heavy atom. The van der Waals surface area contributed by atoms with Crippen LogP contribution in [-0.4, -0.2) is 64.2 Å². The molecule has 168 valence electrons. The fourth-order valence-corrected chi connectivity index (χ4v) is 4.47. The third-order valence-electron chi connectivity index (χ3n) is 4.87.